The van der Waals surface area contributed by atoms with E-state index in [1.807, 2.05) is 6.92 Å². The molecule has 1 N–H and O–H groups in total. The van der Waals surface area contributed by atoms with Crippen molar-refractivity contribution < 1.29 is 14.6 Å². The highest BCUT2D eigenvalue weighted by molar-refractivity contribution is 5.69. The molecule has 0 amide bonds. The summed E-state index contributed by atoms with van der Waals surface area (Å²) in [6, 6.07) is 0. The Bertz CT molecular complexity index is 756. The van der Waals surface area contributed by atoms with Crippen molar-refractivity contribution in [3.63, 3.8) is 0 Å². The predicted octanol–water partition coefficient (Wildman–Crippen LogP) is 7.71. The molecule has 3 nitrogen and oxygen atoms in total. The van der Waals surface area contributed by atoms with Gasteiger partial charge in [0.25, 0.3) is 0 Å². The highest BCUT2D eigenvalue weighted by Crippen LogP contribution is 2.67. The third-order valence-corrected chi connectivity index (χ3v) is 11.1. The molecule has 0 saturated heterocycles. The first-order valence-electron chi connectivity index (χ1n) is 14.7. The van der Waals surface area contributed by atoms with Crippen molar-refractivity contribution in [1.82, 2.24) is 0 Å². The van der Waals surface area contributed by atoms with Gasteiger partial charge in [-0.25, -0.2) is 0 Å². The van der Waals surface area contributed by atoms with Crippen LogP contribution in [0, 0.1) is 46.3 Å². The monoisotopic (exact) mass is 472 g/mol. The minimum Gasteiger partial charge on any atom is -0.461 e. The Hall–Kier alpha value is -0.830. The maximum Gasteiger partial charge on any atom is 0.306 e. The number of hydrogen-bond donors (Lipinski definition) is 1. The highest BCUT2D eigenvalue weighted by Gasteiger charge is 2.61. The van der Waals surface area contributed by atoms with Crippen LogP contribution in [0.5, 0.6) is 0 Å². The Kier molecular flexibility index (Phi) is 7.92. The summed E-state index contributed by atoms with van der Waals surface area (Å²) in [5.41, 5.74) is 1.73. The van der Waals surface area contributed by atoms with Crippen molar-refractivity contribution in [3.05, 3.63) is 11.6 Å². The number of ether oxygens (including phenoxy) is 1. The zero-order chi connectivity index (χ0) is 24.7. The van der Waals surface area contributed by atoms with E-state index in [0.29, 0.717) is 30.1 Å². The molecule has 1 unspecified atom stereocenters. The van der Waals surface area contributed by atoms with Gasteiger partial charge in [0.2, 0.25) is 0 Å². The van der Waals surface area contributed by atoms with Gasteiger partial charge in [-0.15, -0.1) is 0 Å². The largest absolute Gasteiger partial charge is 0.461 e. The summed E-state index contributed by atoms with van der Waals surface area (Å²) in [5.74, 6) is 4.47. The molecular weight excluding hydrogens is 420 g/mol. The maximum absolute atomic E-state index is 12.6. The van der Waals surface area contributed by atoms with Crippen LogP contribution in [0.2, 0.25) is 0 Å². The van der Waals surface area contributed by atoms with E-state index in [-0.39, 0.29) is 23.6 Å². The van der Waals surface area contributed by atoms with E-state index in [4.69, 9.17) is 4.74 Å². The van der Waals surface area contributed by atoms with Crippen LogP contribution in [0.25, 0.3) is 0 Å². The van der Waals surface area contributed by atoms with Gasteiger partial charge in [0.1, 0.15) is 6.10 Å². The lowest BCUT2D eigenvalue weighted by atomic mass is 9.46. The van der Waals surface area contributed by atoms with Crippen LogP contribution in [-0.2, 0) is 9.53 Å². The molecule has 0 aromatic heterocycles. The van der Waals surface area contributed by atoms with Crippen molar-refractivity contribution in [2.24, 2.45) is 46.3 Å². The van der Waals surface area contributed by atoms with Crippen LogP contribution in [-0.4, -0.2) is 23.3 Å². The Balaban J connectivity index is 1.54. The molecular formula is C31H52O3. The molecule has 0 aliphatic heterocycles. The summed E-state index contributed by atoms with van der Waals surface area (Å²) < 4.78 is 6.14. The molecule has 194 valence electrons. The summed E-state index contributed by atoms with van der Waals surface area (Å²) in [5, 5.41) is 10.6. The van der Waals surface area contributed by atoms with Gasteiger partial charge in [-0.2, -0.15) is 0 Å². The van der Waals surface area contributed by atoms with Crippen LogP contribution in [0.3, 0.4) is 0 Å². The number of rotatable bonds is 8. The van der Waals surface area contributed by atoms with Crippen LogP contribution in [0.1, 0.15) is 119 Å². The standard InChI is InChI=1S/C31H52O3/c1-7-9-29(33)34-28-19-23(32)18-22-12-13-24-26-15-14-25(21(4)11-8-10-20(2)3)30(26,5)17-16-27(24)31(22,28)6/h12,20-21,23-28,32H,7-11,13-19H2,1-6H3/t21-,23+,24+,25-,26+,27+,28?,30-,31+/m1/s1. The van der Waals surface area contributed by atoms with E-state index in [9.17, 15) is 9.90 Å². The Labute approximate surface area is 209 Å². The molecule has 0 aromatic rings. The van der Waals surface area contributed by atoms with E-state index in [2.05, 4.69) is 40.7 Å². The molecule has 0 bridgehead atoms. The van der Waals surface area contributed by atoms with Gasteiger partial charge >= 0.3 is 5.97 Å². The van der Waals surface area contributed by atoms with E-state index < -0.39 is 0 Å². The Morgan fingerprint density at radius 3 is 2.62 bits per heavy atom. The Morgan fingerprint density at radius 2 is 1.91 bits per heavy atom. The average Bonchev–Trinajstić information content (AvgIpc) is 3.12. The molecule has 3 heteroatoms. The number of aliphatic hydroxyl groups excluding tert-OH is 1. The Morgan fingerprint density at radius 1 is 1.15 bits per heavy atom. The number of allylic oxidation sites excluding steroid dienone is 1. The third-order valence-electron chi connectivity index (χ3n) is 11.1. The predicted molar refractivity (Wildman–Crippen MR) is 139 cm³/mol. The van der Waals surface area contributed by atoms with Gasteiger partial charge < -0.3 is 9.84 Å². The first kappa shape index (κ1) is 26.2. The molecule has 4 rings (SSSR count). The SMILES string of the molecule is CCCC(=O)OC1C[C@@H](O)CC2=CC[C@H]3[C@@H]4CC[C@H]([C@H](C)CCCC(C)C)[C@@]4(C)CC[C@@H]3[C@]21C. The quantitative estimate of drug-likeness (QED) is 0.291. The fourth-order valence-corrected chi connectivity index (χ4v) is 9.29. The molecule has 0 spiro atoms. The number of esters is 1. The second-order valence-electron chi connectivity index (χ2n) is 13.5. The zero-order valence-electron chi connectivity index (χ0n) is 22.9. The molecule has 4 aliphatic carbocycles. The fraction of sp³-hybridized carbons (Fsp3) is 0.903. The van der Waals surface area contributed by atoms with Gasteiger partial charge in [0.05, 0.1) is 6.10 Å². The second kappa shape index (κ2) is 10.3. The summed E-state index contributed by atoms with van der Waals surface area (Å²) >= 11 is 0. The van der Waals surface area contributed by atoms with Gasteiger partial charge in [-0.1, -0.05) is 72.5 Å². The summed E-state index contributed by atoms with van der Waals surface area (Å²) in [6.07, 6.45) is 15.2. The van der Waals surface area contributed by atoms with Crippen molar-refractivity contribution in [2.45, 2.75) is 131 Å². The van der Waals surface area contributed by atoms with Gasteiger partial charge in [-0.3, -0.25) is 4.79 Å². The first-order chi connectivity index (χ1) is 16.1. The third kappa shape index (κ3) is 4.64. The number of carbonyl (C=O) groups excluding carboxylic acids is 1. The van der Waals surface area contributed by atoms with Gasteiger partial charge in [-0.05, 0) is 85.9 Å². The number of fused-ring (bicyclic) bond motifs is 5. The number of carbonyl (C=O) groups is 1. The van der Waals surface area contributed by atoms with Crippen LogP contribution < -0.4 is 0 Å². The first-order valence-corrected chi connectivity index (χ1v) is 14.7. The molecule has 0 aromatic carbocycles. The van der Waals surface area contributed by atoms with Crippen molar-refractivity contribution in [2.75, 3.05) is 0 Å². The molecule has 4 aliphatic rings. The normalized spacial score (nSPS) is 42.4. The molecule has 0 heterocycles. The second-order valence-corrected chi connectivity index (χ2v) is 13.5. The molecule has 3 saturated carbocycles. The lowest BCUT2D eigenvalue weighted by Crippen LogP contribution is -2.56. The minimum absolute atomic E-state index is 0.0823. The van der Waals surface area contributed by atoms with Crippen LogP contribution in [0.4, 0.5) is 0 Å². The fourth-order valence-electron chi connectivity index (χ4n) is 9.29. The van der Waals surface area contributed by atoms with E-state index in [1.165, 1.54) is 50.5 Å². The number of hydrogen-bond acceptors (Lipinski definition) is 3. The average molecular weight is 473 g/mol. The zero-order valence-corrected chi connectivity index (χ0v) is 22.9. The minimum atomic E-state index is -0.383. The van der Waals surface area contributed by atoms with Crippen LogP contribution >= 0.6 is 0 Å². The van der Waals surface area contributed by atoms with Gasteiger partial charge in [0, 0.05) is 18.3 Å². The highest BCUT2D eigenvalue weighted by atomic mass is 16.5. The molecule has 34 heavy (non-hydrogen) atoms. The van der Waals surface area contributed by atoms with Crippen LogP contribution in [0.15, 0.2) is 11.6 Å². The lowest BCUT2D eigenvalue weighted by Gasteiger charge is -2.60. The summed E-state index contributed by atoms with van der Waals surface area (Å²) in [4.78, 5) is 12.6. The summed E-state index contributed by atoms with van der Waals surface area (Å²) in [6.45, 7) is 14.3. The molecule has 0 radical (unpaired) electrons. The maximum atomic E-state index is 12.6. The molecule has 9 atom stereocenters. The van der Waals surface area contributed by atoms with E-state index >= 15 is 0 Å². The van der Waals surface area contributed by atoms with E-state index in [0.717, 1.165) is 42.9 Å². The molecule has 3 fully saturated rings. The van der Waals surface area contributed by atoms with E-state index in [1.54, 1.807) is 0 Å². The van der Waals surface area contributed by atoms with Crippen molar-refractivity contribution in [3.8, 4) is 0 Å². The topological polar surface area (TPSA) is 46.5 Å². The van der Waals surface area contributed by atoms with Crippen molar-refractivity contribution in [1.29, 1.82) is 0 Å². The van der Waals surface area contributed by atoms with Crippen molar-refractivity contribution >= 4 is 5.97 Å². The lowest BCUT2D eigenvalue weighted by molar-refractivity contribution is -0.169. The number of aliphatic hydroxyl groups is 1. The summed E-state index contributed by atoms with van der Waals surface area (Å²) in [7, 11) is 0. The smallest absolute Gasteiger partial charge is 0.306 e. The van der Waals surface area contributed by atoms with Gasteiger partial charge in [0.15, 0.2) is 0 Å².